The minimum absolute atomic E-state index is 0.0292. The van der Waals surface area contributed by atoms with Gasteiger partial charge in [0.2, 0.25) is 0 Å². The van der Waals surface area contributed by atoms with Gasteiger partial charge >= 0.3 is 5.97 Å². The number of rotatable bonds is 7. The minimum Gasteiger partial charge on any atom is -0.480 e. The topological polar surface area (TPSA) is 101 Å². The van der Waals surface area contributed by atoms with Crippen molar-refractivity contribution in [3.63, 3.8) is 0 Å². The van der Waals surface area contributed by atoms with Gasteiger partial charge in [0.25, 0.3) is 0 Å². The van der Waals surface area contributed by atoms with Gasteiger partial charge in [0.15, 0.2) is 11.3 Å². The highest BCUT2D eigenvalue weighted by atomic mass is 32.2. The molecule has 5 nitrogen and oxygen atoms in total. The Balaban J connectivity index is 2.97. The van der Waals surface area contributed by atoms with E-state index in [1.807, 2.05) is 6.92 Å². The number of carboxylic acids is 1. The molecule has 0 saturated heterocycles. The van der Waals surface area contributed by atoms with E-state index < -0.39 is 23.4 Å². The Morgan fingerprint density at radius 1 is 1.37 bits per heavy atom. The average Bonchev–Trinajstić information content (AvgIpc) is 2.43. The Hall–Kier alpha value is -1.37. The monoisotopic (exact) mass is 283 g/mol. The van der Waals surface area contributed by atoms with Crippen LogP contribution in [0.2, 0.25) is 0 Å². The van der Waals surface area contributed by atoms with E-state index in [4.69, 9.17) is 5.73 Å². The molecule has 0 spiro atoms. The predicted octanol–water partition coefficient (Wildman–Crippen LogP) is 0.765. The zero-order valence-corrected chi connectivity index (χ0v) is 11.4. The van der Waals surface area contributed by atoms with Gasteiger partial charge in [-0.05, 0) is 5.75 Å². The first-order valence-electron chi connectivity index (χ1n) is 5.80. The van der Waals surface area contributed by atoms with Gasteiger partial charge in [-0.2, -0.15) is 11.8 Å². The molecule has 19 heavy (non-hydrogen) atoms. The Labute approximate surface area is 115 Å². The summed E-state index contributed by atoms with van der Waals surface area (Å²) in [6.45, 7) is 1.85. The van der Waals surface area contributed by atoms with Gasteiger partial charge in [-0.1, -0.05) is 37.3 Å². The van der Waals surface area contributed by atoms with Crippen LogP contribution in [0, 0.1) is 0 Å². The Bertz CT molecular complexity index is 451. The molecular weight excluding hydrogens is 266 g/mol. The van der Waals surface area contributed by atoms with E-state index in [1.165, 1.54) is 23.9 Å². The van der Waals surface area contributed by atoms with Crippen LogP contribution in [0.1, 0.15) is 17.3 Å². The fraction of sp³-hybridized carbons (Fsp3) is 0.385. The average molecular weight is 283 g/mol. The van der Waals surface area contributed by atoms with Crippen LogP contribution >= 0.6 is 11.8 Å². The standard InChI is InChI=1S/C13H17NO4S/c1-2-19-8-13(14,12(17)18)11(16)10(15)9-6-4-3-5-7-9/h3-7,11,16H,2,8,14H2,1H3,(H,17,18). The largest absolute Gasteiger partial charge is 0.480 e. The molecule has 2 unspecified atom stereocenters. The lowest BCUT2D eigenvalue weighted by Gasteiger charge is -2.28. The number of hydrogen-bond acceptors (Lipinski definition) is 5. The van der Waals surface area contributed by atoms with Crippen molar-refractivity contribution in [2.75, 3.05) is 11.5 Å². The molecular formula is C13H17NO4S. The van der Waals surface area contributed by atoms with Crippen LogP contribution in [-0.4, -0.2) is 45.1 Å². The second-order valence-electron chi connectivity index (χ2n) is 4.12. The molecule has 0 aliphatic rings. The maximum Gasteiger partial charge on any atom is 0.327 e. The molecule has 0 aromatic heterocycles. The van der Waals surface area contributed by atoms with Crippen LogP contribution in [0.4, 0.5) is 0 Å². The van der Waals surface area contributed by atoms with Crippen LogP contribution in [-0.2, 0) is 4.79 Å². The predicted molar refractivity (Wildman–Crippen MR) is 74.3 cm³/mol. The number of carbonyl (C=O) groups excluding carboxylic acids is 1. The lowest BCUT2D eigenvalue weighted by molar-refractivity contribution is -0.145. The lowest BCUT2D eigenvalue weighted by Crippen LogP contribution is -2.62. The summed E-state index contributed by atoms with van der Waals surface area (Å²) in [5.41, 5.74) is 3.98. The SMILES string of the molecule is CCSCC(N)(C(=O)O)C(O)C(=O)c1ccccc1. The summed E-state index contributed by atoms with van der Waals surface area (Å²) >= 11 is 1.27. The molecule has 0 bridgehead atoms. The van der Waals surface area contributed by atoms with E-state index in [0.29, 0.717) is 5.75 Å². The van der Waals surface area contributed by atoms with E-state index in [0.717, 1.165) is 0 Å². The first kappa shape index (κ1) is 15.7. The molecule has 0 aliphatic heterocycles. The number of Topliss-reactive ketones (excluding diaryl/α,β-unsaturated/α-hetero) is 1. The van der Waals surface area contributed by atoms with Crippen LogP contribution in [0.3, 0.4) is 0 Å². The first-order valence-corrected chi connectivity index (χ1v) is 6.96. The minimum atomic E-state index is -1.98. The number of benzene rings is 1. The molecule has 0 heterocycles. The maximum absolute atomic E-state index is 12.1. The summed E-state index contributed by atoms with van der Waals surface area (Å²) < 4.78 is 0. The third kappa shape index (κ3) is 3.56. The number of carbonyl (C=O) groups is 2. The number of aliphatic carboxylic acids is 1. The number of carboxylic acid groups (broad SMARTS) is 1. The third-order valence-corrected chi connectivity index (χ3v) is 3.83. The summed E-state index contributed by atoms with van der Waals surface area (Å²) in [7, 11) is 0. The quantitative estimate of drug-likeness (QED) is 0.639. The van der Waals surface area contributed by atoms with Crippen molar-refractivity contribution in [2.24, 2.45) is 5.73 Å². The van der Waals surface area contributed by atoms with E-state index in [2.05, 4.69) is 0 Å². The summed E-state index contributed by atoms with van der Waals surface area (Å²) in [5.74, 6) is -1.44. The van der Waals surface area contributed by atoms with Gasteiger partial charge in [0.05, 0.1) is 0 Å². The van der Waals surface area contributed by atoms with E-state index in [-0.39, 0.29) is 11.3 Å². The molecule has 0 saturated carbocycles. The van der Waals surface area contributed by atoms with E-state index in [9.17, 15) is 19.8 Å². The summed E-state index contributed by atoms with van der Waals surface area (Å²) in [6.07, 6.45) is -1.77. The third-order valence-electron chi connectivity index (χ3n) is 2.74. The van der Waals surface area contributed by atoms with Gasteiger partial charge in [-0.15, -0.1) is 0 Å². The van der Waals surface area contributed by atoms with Crippen LogP contribution < -0.4 is 5.73 Å². The highest BCUT2D eigenvalue weighted by Gasteiger charge is 2.45. The molecule has 1 rings (SSSR count). The Morgan fingerprint density at radius 3 is 2.42 bits per heavy atom. The van der Waals surface area contributed by atoms with Crippen molar-refractivity contribution in [3.8, 4) is 0 Å². The summed E-state index contributed by atoms with van der Waals surface area (Å²) in [5, 5.41) is 19.2. The maximum atomic E-state index is 12.1. The van der Waals surface area contributed by atoms with Crippen molar-refractivity contribution in [3.05, 3.63) is 35.9 Å². The molecule has 0 aliphatic carbocycles. The smallest absolute Gasteiger partial charge is 0.327 e. The van der Waals surface area contributed by atoms with Crippen molar-refractivity contribution in [1.82, 2.24) is 0 Å². The van der Waals surface area contributed by atoms with Crippen molar-refractivity contribution < 1.29 is 19.8 Å². The molecule has 1 aromatic rings. The van der Waals surface area contributed by atoms with Gasteiger partial charge in [0, 0.05) is 11.3 Å². The molecule has 0 fully saturated rings. The molecule has 104 valence electrons. The highest BCUT2D eigenvalue weighted by Crippen LogP contribution is 2.19. The zero-order valence-electron chi connectivity index (χ0n) is 10.6. The van der Waals surface area contributed by atoms with Crippen LogP contribution in [0.15, 0.2) is 30.3 Å². The number of nitrogens with two attached hydrogens (primary N) is 1. The molecule has 0 radical (unpaired) electrons. The summed E-state index contributed by atoms with van der Waals surface area (Å²) in [4.78, 5) is 23.3. The molecule has 2 atom stereocenters. The fourth-order valence-electron chi connectivity index (χ4n) is 1.52. The van der Waals surface area contributed by atoms with Crippen molar-refractivity contribution in [2.45, 2.75) is 18.6 Å². The number of hydrogen-bond donors (Lipinski definition) is 3. The second-order valence-corrected chi connectivity index (χ2v) is 5.39. The molecule has 0 amide bonds. The number of ketones is 1. The van der Waals surface area contributed by atoms with Crippen LogP contribution in [0.5, 0.6) is 0 Å². The van der Waals surface area contributed by atoms with Crippen LogP contribution in [0.25, 0.3) is 0 Å². The van der Waals surface area contributed by atoms with Gasteiger partial charge in [-0.25, -0.2) is 0 Å². The lowest BCUT2D eigenvalue weighted by atomic mass is 9.90. The van der Waals surface area contributed by atoms with Gasteiger partial charge in [0.1, 0.15) is 6.10 Å². The molecule has 6 heteroatoms. The summed E-state index contributed by atoms with van der Waals surface area (Å²) in [6, 6.07) is 8.03. The number of thioether (sulfide) groups is 1. The molecule has 4 N–H and O–H groups in total. The number of aliphatic hydroxyl groups excluding tert-OH is 1. The zero-order chi connectivity index (χ0) is 14.5. The Morgan fingerprint density at radius 2 is 1.95 bits per heavy atom. The first-order chi connectivity index (χ1) is 8.93. The number of aliphatic hydroxyl groups is 1. The molecule has 1 aromatic carbocycles. The van der Waals surface area contributed by atoms with Gasteiger partial charge in [-0.3, -0.25) is 9.59 Å². The van der Waals surface area contributed by atoms with Crippen molar-refractivity contribution in [1.29, 1.82) is 0 Å². The fourth-order valence-corrected chi connectivity index (χ4v) is 2.35. The highest BCUT2D eigenvalue weighted by molar-refractivity contribution is 7.99. The van der Waals surface area contributed by atoms with Crippen molar-refractivity contribution >= 4 is 23.5 Å². The normalized spacial score (nSPS) is 15.5. The second kappa shape index (κ2) is 6.70. The van der Waals surface area contributed by atoms with E-state index >= 15 is 0 Å². The van der Waals surface area contributed by atoms with E-state index in [1.54, 1.807) is 18.2 Å². The Kier molecular flexibility index (Phi) is 5.53. The van der Waals surface area contributed by atoms with Gasteiger partial charge < -0.3 is 15.9 Å².